The zero-order valence-electron chi connectivity index (χ0n) is 17.5. The van der Waals surface area contributed by atoms with Crippen molar-refractivity contribution in [3.63, 3.8) is 0 Å². The van der Waals surface area contributed by atoms with Crippen LogP contribution in [0.25, 0.3) is 0 Å². The Labute approximate surface area is 163 Å². The van der Waals surface area contributed by atoms with Crippen LogP contribution in [0.15, 0.2) is 0 Å². The van der Waals surface area contributed by atoms with E-state index in [1.54, 1.807) is 0 Å². The summed E-state index contributed by atoms with van der Waals surface area (Å²) in [5, 5.41) is 10.2. The minimum atomic E-state index is -0.547. The number of hydrogen-bond donors (Lipinski definition) is 1. The van der Waals surface area contributed by atoms with Gasteiger partial charge >= 0.3 is 0 Å². The Bertz CT molecular complexity index is 673. The van der Waals surface area contributed by atoms with Gasteiger partial charge in [-0.1, -0.05) is 13.8 Å². The summed E-state index contributed by atoms with van der Waals surface area (Å²) in [6.07, 6.45) is 8.70. The van der Waals surface area contributed by atoms with Crippen molar-refractivity contribution in [2.45, 2.75) is 90.4 Å². The monoisotopic (exact) mass is 376 g/mol. The van der Waals surface area contributed by atoms with Crippen LogP contribution < -0.4 is 0 Å². The third-order valence-electron chi connectivity index (χ3n) is 10.1. The fraction of sp³-hybridized carbons (Fsp3) is 0.957. The Morgan fingerprint density at radius 1 is 1.07 bits per heavy atom. The summed E-state index contributed by atoms with van der Waals surface area (Å²) in [6.45, 7) is 9.35. The van der Waals surface area contributed by atoms with Gasteiger partial charge in [-0.05, 0) is 87.4 Å². The van der Waals surface area contributed by atoms with Gasteiger partial charge in [0.1, 0.15) is 5.78 Å². The predicted molar refractivity (Wildman–Crippen MR) is 102 cm³/mol. The van der Waals surface area contributed by atoms with Crippen molar-refractivity contribution < 1.29 is 19.4 Å². The Balaban J connectivity index is 1.52. The highest BCUT2D eigenvalue weighted by Crippen LogP contribution is 2.75. The Morgan fingerprint density at radius 3 is 2.52 bits per heavy atom. The molecule has 4 aliphatic carbocycles. The second-order valence-electron chi connectivity index (χ2n) is 11.4. The van der Waals surface area contributed by atoms with Crippen LogP contribution in [0.5, 0.6) is 0 Å². The van der Waals surface area contributed by atoms with Crippen molar-refractivity contribution in [2.24, 2.45) is 34.0 Å². The minimum Gasteiger partial charge on any atom is -0.395 e. The number of hydrogen-bond acceptors (Lipinski definition) is 4. The lowest BCUT2D eigenvalue weighted by atomic mass is 9.39. The Kier molecular flexibility index (Phi) is 3.69. The van der Waals surface area contributed by atoms with Gasteiger partial charge in [0, 0.05) is 6.42 Å². The normalized spacial score (nSPS) is 56.2. The van der Waals surface area contributed by atoms with E-state index in [0.29, 0.717) is 29.5 Å². The van der Waals surface area contributed by atoms with Gasteiger partial charge in [0.15, 0.2) is 5.79 Å². The van der Waals surface area contributed by atoms with Gasteiger partial charge in [-0.2, -0.15) is 0 Å². The lowest BCUT2D eigenvalue weighted by Crippen LogP contribution is -2.62. The third-order valence-corrected chi connectivity index (χ3v) is 10.1. The summed E-state index contributed by atoms with van der Waals surface area (Å²) in [4.78, 5) is 12.8. The maximum Gasteiger partial charge on any atom is 0.163 e. The molecule has 1 saturated heterocycles. The summed E-state index contributed by atoms with van der Waals surface area (Å²) < 4.78 is 12.6. The Hall–Kier alpha value is -0.450. The number of fused-ring (bicyclic) bond motifs is 3. The molecule has 0 aromatic carbocycles. The van der Waals surface area contributed by atoms with Crippen LogP contribution in [0.3, 0.4) is 0 Å². The van der Waals surface area contributed by atoms with E-state index < -0.39 is 11.2 Å². The molecule has 4 saturated carbocycles. The van der Waals surface area contributed by atoms with E-state index in [2.05, 4.69) is 6.92 Å². The highest BCUT2D eigenvalue weighted by molar-refractivity contribution is 5.86. The minimum absolute atomic E-state index is 0.00530. The Morgan fingerprint density at radius 2 is 1.85 bits per heavy atom. The molecule has 27 heavy (non-hydrogen) atoms. The van der Waals surface area contributed by atoms with Gasteiger partial charge in [-0.15, -0.1) is 0 Å². The molecule has 2 bridgehead atoms. The van der Waals surface area contributed by atoms with E-state index in [1.807, 2.05) is 20.8 Å². The topological polar surface area (TPSA) is 55.8 Å². The number of aliphatic hydroxyl groups is 1. The molecule has 0 amide bonds. The van der Waals surface area contributed by atoms with Crippen LogP contribution in [-0.4, -0.2) is 35.5 Å². The molecule has 1 aliphatic heterocycles. The highest BCUT2D eigenvalue weighted by Gasteiger charge is 2.71. The average Bonchev–Trinajstić information content (AvgIpc) is 3.12. The van der Waals surface area contributed by atoms with Crippen molar-refractivity contribution in [1.82, 2.24) is 0 Å². The van der Waals surface area contributed by atoms with Gasteiger partial charge in [-0.25, -0.2) is 0 Å². The molecule has 5 aliphatic rings. The van der Waals surface area contributed by atoms with Gasteiger partial charge in [0.25, 0.3) is 0 Å². The van der Waals surface area contributed by atoms with Crippen LogP contribution in [0.4, 0.5) is 0 Å². The van der Waals surface area contributed by atoms with Crippen molar-refractivity contribution >= 4 is 5.78 Å². The van der Waals surface area contributed by atoms with Crippen LogP contribution >= 0.6 is 0 Å². The smallest absolute Gasteiger partial charge is 0.163 e. The quantitative estimate of drug-likeness (QED) is 0.749. The number of rotatable bonds is 1. The van der Waals surface area contributed by atoms with Crippen molar-refractivity contribution in [3.8, 4) is 0 Å². The zero-order valence-corrected chi connectivity index (χ0v) is 17.5. The first-order valence-corrected chi connectivity index (χ1v) is 11.1. The first kappa shape index (κ1) is 18.6. The molecule has 0 aromatic rings. The van der Waals surface area contributed by atoms with E-state index in [-0.39, 0.29) is 17.6 Å². The van der Waals surface area contributed by atoms with Crippen molar-refractivity contribution in [1.29, 1.82) is 0 Å². The summed E-state index contributed by atoms with van der Waals surface area (Å²) in [7, 11) is 0. The van der Waals surface area contributed by atoms with E-state index >= 15 is 0 Å². The standard InChI is InChI=1S/C23H36O4/c1-19(2)26-14-23(27-19)10-9-22-12-16(23)11-15(22)5-6-17-20(3,13-24)18(25)7-8-21(17,22)4/h15-17,24H,5-14H2,1-4H3/t15-,16+,17-,20-,21-,22-,23-/m0/s1. The number of carbonyl (C=O) groups is 1. The molecule has 0 radical (unpaired) electrons. The summed E-state index contributed by atoms with van der Waals surface area (Å²) >= 11 is 0. The van der Waals surface area contributed by atoms with Crippen molar-refractivity contribution in [3.05, 3.63) is 0 Å². The lowest BCUT2D eigenvalue weighted by molar-refractivity contribution is -0.204. The number of ether oxygens (including phenoxy) is 2. The first-order chi connectivity index (χ1) is 12.6. The van der Waals surface area contributed by atoms with Crippen LogP contribution in [0.2, 0.25) is 0 Å². The molecule has 1 N–H and O–H groups in total. The molecule has 0 aromatic heterocycles. The van der Waals surface area contributed by atoms with E-state index in [0.717, 1.165) is 31.8 Å². The van der Waals surface area contributed by atoms with Gasteiger partial charge < -0.3 is 14.6 Å². The molecule has 2 spiro atoms. The number of ketones is 1. The fourth-order valence-corrected chi connectivity index (χ4v) is 8.68. The average molecular weight is 377 g/mol. The van der Waals surface area contributed by atoms with Crippen LogP contribution in [0.1, 0.15) is 79.1 Å². The third kappa shape index (κ3) is 2.13. The van der Waals surface area contributed by atoms with Gasteiger partial charge in [0.05, 0.1) is 24.2 Å². The maximum absolute atomic E-state index is 12.8. The molecular weight excluding hydrogens is 340 g/mol. The predicted octanol–water partition coefficient (Wildman–Crippen LogP) is 4.09. The molecule has 5 rings (SSSR count). The van der Waals surface area contributed by atoms with Crippen LogP contribution in [-0.2, 0) is 14.3 Å². The molecule has 4 heteroatoms. The lowest BCUT2D eigenvalue weighted by Gasteiger charge is -2.65. The fourth-order valence-electron chi connectivity index (χ4n) is 8.68. The SMILES string of the molecule is CC1(C)OC[C@]2(CC[C@]34C[C@H]2C[C@@H]3CC[C@@H]2[C@]4(C)CCC(=O)[C@@]2(C)CO)O1. The van der Waals surface area contributed by atoms with Gasteiger partial charge in [-0.3, -0.25) is 4.79 Å². The molecule has 1 heterocycles. The highest BCUT2D eigenvalue weighted by atomic mass is 16.8. The second-order valence-corrected chi connectivity index (χ2v) is 11.4. The second kappa shape index (κ2) is 5.37. The van der Waals surface area contributed by atoms with Gasteiger partial charge in [0.2, 0.25) is 0 Å². The summed E-state index contributed by atoms with van der Waals surface area (Å²) in [5.74, 6) is 1.46. The first-order valence-electron chi connectivity index (χ1n) is 11.1. The molecule has 5 fully saturated rings. The summed E-state index contributed by atoms with van der Waals surface area (Å²) in [6, 6.07) is 0. The number of aliphatic hydroxyl groups excluding tert-OH is 1. The maximum atomic E-state index is 12.8. The largest absolute Gasteiger partial charge is 0.395 e. The molecule has 152 valence electrons. The van der Waals surface area contributed by atoms with Crippen LogP contribution in [0, 0.1) is 34.0 Å². The van der Waals surface area contributed by atoms with E-state index in [9.17, 15) is 9.90 Å². The van der Waals surface area contributed by atoms with E-state index in [1.165, 1.54) is 25.7 Å². The van der Waals surface area contributed by atoms with E-state index in [4.69, 9.17) is 9.47 Å². The molecule has 4 nitrogen and oxygen atoms in total. The molecule has 7 atom stereocenters. The molecular formula is C23H36O4. The zero-order chi connectivity index (χ0) is 19.3. The number of carbonyl (C=O) groups excluding carboxylic acids is 1. The number of Topliss-reactive ketones (excluding diaryl/α,β-unsaturated/α-hetero) is 1. The summed E-state index contributed by atoms with van der Waals surface area (Å²) in [5.41, 5.74) is -0.163. The molecule has 0 unspecified atom stereocenters. The van der Waals surface area contributed by atoms with Crippen molar-refractivity contribution in [2.75, 3.05) is 13.2 Å².